The minimum absolute atomic E-state index is 0.00870. The van der Waals surface area contributed by atoms with Gasteiger partial charge in [-0.1, -0.05) is 0 Å². The molecule has 1 fully saturated rings. The van der Waals surface area contributed by atoms with Crippen molar-refractivity contribution in [2.24, 2.45) is 0 Å². The summed E-state index contributed by atoms with van der Waals surface area (Å²) in [6.45, 7) is 2.00. The first kappa shape index (κ1) is 15.7. The van der Waals surface area contributed by atoms with Crippen LogP contribution in [0.2, 0.25) is 0 Å². The molecule has 1 atom stereocenters. The van der Waals surface area contributed by atoms with Gasteiger partial charge in [0, 0.05) is 18.5 Å². The number of hydrogen-bond acceptors (Lipinski definition) is 3. The van der Waals surface area contributed by atoms with Gasteiger partial charge in [-0.25, -0.2) is 14.8 Å². The number of carbonyl (C=O) groups excluding carboxylic acids is 1. The Bertz CT molecular complexity index is 520. The van der Waals surface area contributed by atoms with Gasteiger partial charge in [0.25, 0.3) is 0 Å². The van der Waals surface area contributed by atoms with Gasteiger partial charge in [0.05, 0.1) is 13.2 Å². The summed E-state index contributed by atoms with van der Waals surface area (Å²) in [5, 5.41) is 7.22. The summed E-state index contributed by atoms with van der Waals surface area (Å²) in [6.07, 6.45) is -5.34. The predicted octanol–water partition coefficient (Wildman–Crippen LogP) is 2.08. The van der Waals surface area contributed by atoms with E-state index in [9.17, 15) is 18.0 Å². The molecule has 2 rings (SSSR count). The molecule has 0 N–H and O–H groups in total. The Kier molecular flexibility index (Phi) is 4.50. The van der Waals surface area contributed by atoms with Crippen molar-refractivity contribution in [2.45, 2.75) is 19.3 Å². The van der Waals surface area contributed by atoms with Crippen LogP contribution in [0.4, 0.5) is 18.0 Å². The Balaban J connectivity index is 2.37. The van der Waals surface area contributed by atoms with Crippen LogP contribution in [0.3, 0.4) is 0 Å². The molecule has 1 aromatic rings. The van der Waals surface area contributed by atoms with E-state index in [1.165, 1.54) is 4.90 Å². The third-order valence-corrected chi connectivity index (χ3v) is 3.06. The third kappa shape index (κ3) is 3.17. The lowest BCUT2D eigenvalue weighted by Crippen LogP contribution is -2.34. The van der Waals surface area contributed by atoms with Crippen molar-refractivity contribution in [2.75, 3.05) is 25.6 Å². The lowest BCUT2D eigenvalue weighted by molar-refractivity contribution is -0.141. The van der Waals surface area contributed by atoms with Crippen LogP contribution in [0, 0.1) is 0 Å². The number of carbonyl (C=O) groups is 1. The number of rotatable bonds is 5. The summed E-state index contributed by atoms with van der Waals surface area (Å²) in [4.78, 5) is 12.9. The van der Waals surface area contributed by atoms with Gasteiger partial charge in [0.1, 0.15) is 0 Å². The molecule has 21 heavy (non-hydrogen) atoms. The number of alkyl halides is 4. The summed E-state index contributed by atoms with van der Waals surface area (Å²) in [6, 6.07) is 0.290. The fourth-order valence-electron chi connectivity index (χ4n) is 2.01. The molecule has 6 nitrogen and oxygen atoms in total. The highest BCUT2D eigenvalue weighted by atomic mass is 35.5. The first-order valence-corrected chi connectivity index (χ1v) is 6.75. The molecule has 117 valence electrons. The summed E-state index contributed by atoms with van der Waals surface area (Å²) in [7, 11) is 0. The topological polar surface area (TPSA) is 61.5 Å². The molecular weight excluding hydrogens is 313 g/mol. The van der Waals surface area contributed by atoms with Gasteiger partial charge < -0.3 is 4.74 Å². The molecule has 1 aliphatic rings. The highest BCUT2D eigenvalue weighted by Crippen LogP contribution is 2.33. The Morgan fingerprint density at radius 1 is 1.52 bits per heavy atom. The van der Waals surface area contributed by atoms with Crippen molar-refractivity contribution in [3.63, 3.8) is 0 Å². The Labute approximate surface area is 123 Å². The zero-order valence-electron chi connectivity index (χ0n) is 11.1. The fourth-order valence-corrected chi connectivity index (χ4v) is 2.19. The van der Waals surface area contributed by atoms with Crippen LogP contribution in [-0.2, 0) is 6.18 Å². The zero-order chi connectivity index (χ0) is 15.6. The number of hydrogen-bond donors (Lipinski definition) is 0. The third-order valence-electron chi connectivity index (χ3n) is 2.89. The normalized spacial score (nSPS) is 19.0. The molecule has 1 radical (unpaired) electrons. The van der Waals surface area contributed by atoms with E-state index in [0.29, 0.717) is 0 Å². The molecule has 1 unspecified atom stereocenters. The Hall–Kier alpha value is -1.64. The van der Waals surface area contributed by atoms with E-state index in [4.69, 9.17) is 16.3 Å². The van der Waals surface area contributed by atoms with Crippen LogP contribution in [-0.4, -0.2) is 46.3 Å². The lowest BCUT2D eigenvalue weighted by atomic mass is 10.4. The largest absolute Gasteiger partial charge is 0.478 e. The van der Waals surface area contributed by atoms with Crippen molar-refractivity contribution in [1.29, 1.82) is 0 Å². The molecule has 2 heterocycles. The number of nitrogens with zero attached hydrogens (tertiary/aromatic N) is 4. The van der Waals surface area contributed by atoms with Crippen molar-refractivity contribution in [3.8, 4) is 5.88 Å². The van der Waals surface area contributed by atoms with E-state index in [-0.39, 0.29) is 31.5 Å². The molecule has 0 saturated carbocycles. The van der Waals surface area contributed by atoms with Gasteiger partial charge in [0.2, 0.25) is 5.88 Å². The first-order valence-electron chi connectivity index (χ1n) is 6.22. The van der Waals surface area contributed by atoms with Crippen molar-refractivity contribution < 1.29 is 22.7 Å². The SMILES string of the molecule is CCOc1cc(C(F)(F)F)nn1C1C[N]C(=O)N1CCCl. The monoisotopic (exact) mass is 325 g/mol. The van der Waals surface area contributed by atoms with Gasteiger partial charge in [-0.2, -0.15) is 18.3 Å². The minimum atomic E-state index is -4.59. The summed E-state index contributed by atoms with van der Waals surface area (Å²) in [5.74, 6) is 0.0917. The molecule has 1 aliphatic heterocycles. The summed E-state index contributed by atoms with van der Waals surface area (Å²) >= 11 is 5.60. The summed E-state index contributed by atoms with van der Waals surface area (Å²) in [5.41, 5.74) is -1.07. The van der Waals surface area contributed by atoms with E-state index < -0.39 is 24.1 Å². The lowest BCUT2D eigenvalue weighted by Gasteiger charge is -2.23. The van der Waals surface area contributed by atoms with E-state index in [2.05, 4.69) is 10.4 Å². The maximum absolute atomic E-state index is 12.8. The molecule has 1 saturated heterocycles. The minimum Gasteiger partial charge on any atom is -0.478 e. The van der Waals surface area contributed by atoms with Crippen LogP contribution in [0.5, 0.6) is 5.88 Å². The van der Waals surface area contributed by atoms with Crippen LogP contribution in [0.1, 0.15) is 18.8 Å². The zero-order valence-corrected chi connectivity index (χ0v) is 11.9. The quantitative estimate of drug-likeness (QED) is 0.779. The molecular formula is C11H13ClF3N4O2. The first-order chi connectivity index (χ1) is 9.88. The maximum Gasteiger partial charge on any atom is 0.435 e. The van der Waals surface area contributed by atoms with Gasteiger partial charge in [-0.15, -0.1) is 11.6 Å². The number of amides is 2. The molecule has 0 spiro atoms. The molecule has 0 aromatic carbocycles. The Morgan fingerprint density at radius 3 is 2.81 bits per heavy atom. The molecule has 10 heteroatoms. The van der Waals surface area contributed by atoms with Crippen molar-refractivity contribution in [3.05, 3.63) is 11.8 Å². The second kappa shape index (κ2) is 6.00. The number of aromatic nitrogens is 2. The van der Waals surface area contributed by atoms with Crippen molar-refractivity contribution >= 4 is 17.6 Å². The average Bonchev–Trinajstić information content (AvgIpc) is 2.95. The van der Waals surface area contributed by atoms with E-state index in [0.717, 1.165) is 10.7 Å². The van der Waals surface area contributed by atoms with Crippen LogP contribution in [0.15, 0.2) is 6.07 Å². The molecule has 1 aromatic heterocycles. The smallest absolute Gasteiger partial charge is 0.435 e. The van der Waals surface area contributed by atoms with Gasteiger partial charge in [0.15, 0.2) is 11.9 Å². The molecule has 0 aliphatic carbocycles. The summed E-state index contributed by atoms with van der Waals surface area (Å²) < 4.78 is 44.5. The average molecular weight is 326 g/mol. The highest BCUT2D eigenvalue weighted by molar-refractivity contribution is 6.18. The number of halogens is 4. The maximum atomic E-state index is 12.8. The fraction of sp³-hybridized carbons (Fsp3) is 0.636. The highest BCUT2D eigenvalue weighted by Gasteiger charge is 2.40. The van der Waals surface area contributed by atoms with Crippen LogP contribution >= 0.6 is 11.6 Å². The van der Waals surface area contributed by atoms with Gasteiger partial charge in [-0.3, -0.25) is 4.90 Å². The Morgan fingerprint density at radius 2 is 2.24 bits per heavy atom. The predicted molar refractivity (Wildman–Crippen MR) is 67.3 cm³/mol. The van der Waals surface area contributed by atoms with Gasteiger partial charge in [-0.05, 0) is 6.92 Å². The standard InChI is InChI=1S/C11H13ClF3N4O2/c1-2-21-9-5-7(11(13,14)15)17-19(9)8-6-16-10(20)18(8)4-3-12/h5,8H,2-4,6H2,1H3. The van der Waals surface area contributed by atoms with Crippen molar-refractivity contribution in [1.82, 2.24) is 20.0 Å². The molecule has 0 bridgehead atoms. The van der Waals surface area contributed by atoms with Crippen LogP contribution < -0.4 is 10.1 Å². The second-order valence-corrected chi connectivity index (χ2v) is 4.61. The number of urea groups is 1. The molecule has 2 amide bonds. The van der Waals surface area contributed by atoms with E-state index in [1.807, 2.05) is 0 Å². The van der Waals surface area contributed by atoms with E-state index >= 15 is 0 Å². The van der Waals surface area contributed by atoms with Crippen LogP contribution in [0.25, 0.3) is 0 Å². The second-order valence-electron chi connectivity index (χ2n) is 4.23. The number of ether oxygens (including phenoxy) is 1. The van der Waals surface area contributed by atoms with E-state index in [1.54, 1.807) is 6.92 Å². The van der Waals surface area contributed by atoms with Gasteiger partial charge >= 0.3 is 12.2 Å².